The smallest absolute Gasteiger partial charge is 0.176 e. The molecule has 0 aliphatic heterocycles. The Bertz CT molecular complexity index is 145. The largest absolute Gasteiger partial charge is 0.330 e. The number of nitrogens with two attached hydrogens (primary N) is 1. The molecule has 1 heterocycles. The van der Waals surface area contributed by atoms with Crippen LogP contribution in [0.5, 0.6) is 0 Å². The summed E-state index contributed by atoms with van der Waals surface area (Å²) < 4.78 is 1.90. The van der Waals surface area contributed by atoms with Crippen LogP contribution in [0.2, 0.25) is 0 Å². The van der Waals surface area contributed by atoms with Crippen molar-refractivity contribution < 1.29 is 0 Å². The molecule has 9 heavy (non-hydrogen) atoms. The quantitative estimate of drug-likeness (QED) is 0.618. The van der Waals surface area contributed by atoms with Crippen LogP contribution in [0.25, 0.3) is 0 Å². The summed E-state index contributed by atoms with van der Waals surface area (Å²) in [6.07, 6.45) is 7.38. The second-order valence-corrected chi connectivity index (χ2v) is 1.86. The molecule has 0 atom stereocenters. The Morgan fingerprint density at radius 2 is 2.56 bits per heavy atom. The normalized spacial score (nSPS) is 9.89. The Morgan fingerprint density at radius 3 is 3.11 bits per heavy atom. The first-order valence-electron chi connectivity index (χ1n) is 3.02. The Hall–Kier alpha value is -0.830. The van der Waals surface area contributed by atoms with Gasteiger partial charge in [0.05, 0.1) is 0 Å². The van der Waals surface area contributed by atoms with Crippen LogP contribution in [0.15, 0.2) is 12.4 Å². The molecule has 1 aromatic heterocycles. The van der Waals surface area contributed by atoms with E-state index in [1.807, 2.05) is 10.8 Å². The molecule has 0 saturated heterocycles. The molecular weight excluding hydrogens is 114 g/mol. The average Bonchev–Trinajstić information content (AvgIpc) is 2.34. The molecule has 0 aliphatic carbocycles. The summed E-state index contributed by atoms with van der Waals surface area (Å²) in [6, 6.07) is 0. The van der Waals surface area contributed by atoms with Gasteiger partial charge in [0.15, 0.2) is 6.33 Å². The number of rotatable bonds is 3. The lowest BCUT2D eigenvalue weighted by atomic mass is 10.4. The summed E-state index contributed by atoms with van der Waals surface area (Å²) in [5, 5.41) is 0. The summed E-state index contributed by atoms with van der Waals surface area (Å²) in [4.78, 5) is 3.77. The van der Waals surface area contributed by atoms with Gasteiger partial charge in [-0.25, -0.2) is 4.98 Å². The van der Waals surface area contributed by atoms with E-state index in [4.69, 9.17) is 5.73 Å². The zero-order valence-electron chi connectivity index (χ0n) is 5.25. The average molecular weight is 124 g/mol. The van der Waals surface area contributed by atoms with E-state index >= 15 is 0 Å². The van der Waals surface area contributed by atoms with E-state index in [1.165, 1.54) is 0 Å². The second-order valence-electron chi connectivity index (χ2n) is 1.86. The fraction of sp³-hybridized carbons (Fsp3) is 0.500. The first kappa shape index (κ1) is 6.29. The molecule has 0 aromatic carbocycles. The van der Waals surface area contributed by atoms with Gasteiger partial charge in [0.2, 0.25) is 0 Å². The molecule has 0 amide bonds. The van der Waals surface area contributed by atoms with Crippen molar-refractivity contribution in [1.29, 1.82) is 0 Å². The molecule has 2 N–H and O–H groups in total. The molecule has 0 bridgehead atoms. The second kappa shape index (κ2) is 3.25. The lowest BCUT2D eigenvalue weighted by molar-refractivity contribution is 0.646. The molecule has 1 aromatic rings. The molecule has 0 spiro atoms. The SMILES string of the molecule is NCCCn1[c]ncc1. The van der Waals surface area contributed by atoms with Crippen LogP contribution >= 0.6 is 0 Å². The summed E-state index contributed by atoms with van der Waals surface area (Å²) in [6.45, 7) is 1.66. The molecular formula is C6H10N3. The number of nitrogens with zero attached hydrogens (tertiary/aromatic N) is 2. The van der Waals surface area contributed by atoms with Gasteiger partial charge in [-0.3, -0.25) is 0 Å². The molecule has 0 saturated carbocycles. The van der Waals surface area contributed by atoms with E-state index in [-0.39, 0.29) is 0 Å². The topological polar surface area (TPSA) is 43.8 Å². The number of aryl methyl sites for hydroxylation is 1. The van der Waals surface area contributed by atoms with Crippen LogP contribution in [0.1, 0.15) is 6.42 Å². The molecule has 49 valence electrons. The minimum absolute atomic E-state index is 0.728. The van der Waals surface area contributed by atoms with E-state index < -0.39 is 0 Å². The van der Waals surface area contributed by atoms with E-state index in [2.05, 4.69) is 11.3 Å². The van der Waals surface area contributed by atoms with Gasteiger partial charge in [0.1, 0.15) is 0 Å². The first-order chi connectivity index (χ1) is 4.43. The van der Waals surface area contributed by atoms with Gasteiger partial charge < -0.3 is 10.3 Å². The van der Waals surface area contributed by atoms with Crippen LogP contribution in [0, 0.1) is 6.33 Å². The van der Waals surface area contributed by atoms with Gasteiger partial charge in [-0.05, 0) is 13.0 Å². The maximum Gasteiger partial charge on any atom is 0.176 e. The monoisotopic (exact) mass is 124 g/mol. The number of aromatic nitrogens is 2. The van der Waals surface area contributed by atoms with E-state index in [9.17, 15) is 0 Å². The Kier molecular flexibility index (Phi) is 2.27. The number of imidazole rings is 1. The highest BCUT2D eigenvalue weighted by Gasteiger charge is 1.86. The van der Waals surface area contributed by atoms with Crippen molar-refractivity contribution in [2.45, 2.75) is 13.0 Å². The van der Waals surface area contributed by atoms with E-state index in [0.29, 0.717) is 0 Å². The lowest BCUT2D eigenvalue weighted by Gasteiger charge is -1.95. The third-order valence-electron chi connectivity index (χ3n) is 1.11. The van der Waals surface area contributed by atoms with Crippen LogP contribution in [0.3, 0.4) is 0 Å². The van der Waals surface area contributed by atoms with Crippen molar-refractivity contribution in [2.75, 3.05) is 6.54 Å². The zero-order chi connectivity index (χ0) is 6.53. The minimum Gasteiger partial charge on any atom is -0.330 e. The highest BCUT2D eigenvalue weighted by Crippen LogP contribution is 1.86. The van der Waals surface area contributed by atoms with Gasteiger partial charge in [-0.1, -0.05) is 0 Å². The van der Waals surface area contributed by atoms with Crippen molar-refractivity contribution >= 4 is 0 Å². The Labute approximate surface area is 54.5 Å². The molecule has 0 unspecified atom stereocenters. The highest BCUT2D eigenvalue weighted by molar-refractivity contribution is 4.71. The molecule has 1 rings (SSSR count). The summed E-state index contributed by atoms with van der Waals surface area (Å²) in [5.74, 6) is 0. The summed E-state index contributed by atoms with van der Waals surface area (Å²) in [7, 11) is 0. The molecule has 1 radical (unpaired) electrons. The van der Waals surface area contributed by atoms with Crippen LogP contribution < -0.4 is 5.73 Å². The van der Waals surface area contributed by atoms with Crippen molar-refractivity contribution in [1.82, 2.24) is 9.55 Å². The van der Waals surface area contributed by atoms with Crippen LogP contribution in [-0.4, -0.2) is 16.1 Å². The predicted octanol–water partition coefficient (Wildman–Crippen LogP) is 0.0321. The van der Waals surface area contributed by atoms with Crippen molar-refractivity contribution in [3.63, 3.8) is 0 Å². The highest BCUT2D eigenvalue weighted by atomic mass is 15.0. The standard InChI is InChI=1S/C6H10N3/c7-2-1-4-9-5-3-8-6-9/h3,5H,1-2,4,7H2. The molecule has 3 heteroatoms. The number of hydrogen-bond acceptors (Lipinski definition) is 2. The third kappa shape index (κ3) is 1.85. The minimum atomic E-state index is 0.728. The van der Waals surface area contributed by atoms with Crippen LogP contribution in [0.4, 0.5) is 0 Å². The molecule has 3 nitrogen and oxygen atoms in total. The fourth-order valence-electron chi connectivity index (χ4n) is 0.641. The maximum absolute atomic E-state index is 5.30. The fourth-order valence-corrected chi connectivity index (χ4v) is 0.641. The van der Waals surface area contributed by atoms with Gasteiger partial charge >= 0.3 is 0 Å². The van der Waals surface area contributed by atoms with Gasteiger partial charge in [0.25, 0.3) is 0 Å². The Balaban J connectivity index is 2.30. The number of hydrogen-bond donors (Lipinski definition) is 1. The van der Waals surface area contributed by atoms with Gasteiger partial charge in [-0.2, -0.15) is 0 Å². The van der Waals surface area contributed by atoms with E-state index in [0.717, 1.165) is 19.5 Å². The van der Waals surface area contributed by atoms with Gasteiger partial charge in [0, 0.05) is 18.9 Å². The molecule has 0 aliphatic rings. The lowest BCUT2D eigenvalue weighted by Crippen LogP contribution is -2.04. The summed E-state index contributed by atoms with van der Waals surface area (Å²) >= 11 is 0. The zero-order valence-corrected chi connectivity index (χ0v) is 5.25. The third-order valence-corrected chi connectivity index (χ3v) is 1.11. The van der Waals surface area contributed by atoms with Gasteiger partial charge in [-0.15, -0.1) is 0 Å². The van der Waals surface area contributed by atoms with Crippen molar-refractivity contribution in [2.24, 2.45) is 5.73 Å². The predicted molar refractivity (Wildman–Crippen MR) is 34.7 cm³/mol. The van der Waals surface area contributed by atoms with Crippen LogP contribution in [-0.2, 0) is 6.54 Å². The molecule has 0 fully saturated rings. The van der Waals surface area contributed by atoms with Crippen molar-refractivity contribution in [3.05, 3.63) is 18.7 Å². The Morgan fingerprint density at radius 1 is 1.67 bits per heavy atom. The van der Waals surface area contributed by atoms with E-state index in [1.54, 1.807) is 6.20 Å². The first-order valence-corrected chi connectivity index (χ1v) is 3.02. The van der Waals surface area contributed by atoms with Crippen molar-refractivity contribution in [3.8, 4) is 0 Å². The maximum atomic E-state index is 5.30. The summed E-state index contributed by atoms with van der Waals surface area (Å²) in [5.41, 5.74) is 5.30.